The minimum Gasteiger partial charge on any atom is -0.368 e. The number of benzene rings is 1. The van der Waals surface area contributed by atoms with Gasteiger partial charge in [-0.3, -0.25) is 0 Å². The minimum absolute atomic E-state index is 0.634. The van der Waals surface area contributed by atoms with Crippen LogP contribution in [0.15, 0.2) is 24.3 Å². The molecule has 2 nitrogen and oxygen atoms in total. The SMILES string of the molecule is CC(C)CC(CN)CCN1c2ccccc2CC1C. The third kappa shape index (κ3) is 3.50. The van der Waals surface area contributed by atoms with Crippen LogP contribution in [0, 0.1) is 11.8 Å². The predicted molar refractivity (Wildman–Crippen MR) is 83.6 cm³/mol. The van der Waals surface area contributed by atoms with E-state index in [1.165, 1.54) is 30.5 Å². The van der Waals surface area contributed by atoms with Gasteiger partial charge in [-0.25, -0.2) is 0 Å². The van der Waals surface area contributed by atoms with Gasteiger partial charge in [-0.1, -0.05) is 32.0 Å². The van der Waals surface area contributed by atoms with Gasteiger partial charge in [0.15, 0.2) is 0 Å². The van der Waals surface area contributed by atoms with Crippen molar-refractivity contribution in [2.45, 2.75) is 46.1 Å². The Morgan fingerprint density at radius 3 is 2.74 bits per heavy atom. The van der Waals surface area contributed by atoms with E-state index in [0.717, 1.165) is 19.0 Å². The molecule has 0 aliphatic carbocycles. The van der Waals surface area contributed by atoms with E-state index in [1.807, 2.05) is 0 Å². The smallest absolute Gasteiger partial charge is 0.0402 e. The lowest BCUT2D eigenvalue weighted by molar-refractivity contribution is 0.391. The summed E-state index contributed by atoms with van der Waals surface area (Å²) in [6.07, 6.45) is 3.65. The van der Waals surface area contributed by atoms with Crippen molar-refractivity contribution in [1.29, 1.82) is 0 Å². The second-order valence-electron chi connectivity index (χ2n) is 6.40. The Kier molecular flexibility index (Phi) is 4.87. The van der Waals surface area contributed by atoms with Crippen molar-refractivity contribution in [2.24, 2.45) is 17.6 Å². The van der Waals surface area contributed by atoms with Gasteiger partial charge in [0.25, 0.3) is 0 Å². The van der Waals surface area contributed by atoms with E-state index < -0.39 is 0 Å². The van der Waals surface area contributed by atoms with Gasteiger partial charge in [-0.05, 0) is 56.2 Å². The number of anilines is 1. The molecule has 0 spiro atoms. The third-order valence-corrected chi connectivity index (χ3v) is 4.26. The van der Waals surface area contributed by atoms with E-state index >= 15 is 0 Å². The van der Waals surface area contributed by atoms with Crippen molar-refractivity contribution in [1.82, 2.24) is 0 Å². The molecular weight excluding hydrogens is 232 g/mol. The maximum atomic E-state index is 5.92. The topological polar surface area (TPSA) is 29.3 Å². The first-order valence-electron chi connectivity index (χ1n) is 7.66. The van der Waals surface area contributed by atoms with Gasteiger partial charge in [0.05, 0.1) is 0 Å². The molecule has 2 atom stereocenters. The van der Waals surface area contributed by atoms with Crippen molar-refractivity contribution in [3.05, 3.63) is 29.8 Å². The molecule has 1 aromatic rings. The molecule has 2 N–H and O–H groups in total. The average Bonchev–Trinajstić information content (AvgIpc) is 2.70. The number of hydrogen-bond acceptors (Lipinski definition) is 2. The molecule has 1 heterocycles. The van der Waals surface area contributed by atoms with E-state index in [4.69, 9.17) is 5.73 Å². The van der Waals surface area contributed by atoms with Crippen molar-refractivity contribution in [3.63, 3.8) is 0 Å². The van der Waals surface area contributed by atoms with Crippen LogP contribution in [0.2, 0.25) is 0 Å². The Hall–Kier alpha value is -1.02. The van der Waals surface area contributed by atoms with E-state index in [-0.39, 0.29) is 0 Å². The molecule has 2 heteroatoms. The van der Waals surface area contributed by atoms with Crippen LogP contribution in [0.3, 0.4) is 0 Å². The molecule has 1 aliphatic heterocycles. The lowest BCUT2D eigenvalue weighted by Gasteiger charge is -2.27. The lowest BCUT2D eigenvalue weighted by Crippen LogP contribution is -2.32. The quantitative estimate of drug-likeness (QED) is 0.849. The number of hydrogen-bond donors (Lipinski definition) is 1. The number of nitrogens with zero attached hydrogens (tertiary/aromatic N) is 1. The fraction of sp³-hybridized carbons (Fsp3) is 0.647. The average molecular weight is 260 g/mol. The molecular formula is C17H28N2. The van der Waals surface area contributed by atoms with Gasteiger partial charge in [-0.15, -0.1) is 0 Å². The number of para-hydroxylation sites is 1. The molecule has 0 radical (unpaired) electrons. The summed E-state index contributed by atoms with van der Waals surface area (Å²) in [5.74, 6) is 1.41. The summed E-state index contributed by atoms with van der Waals surface area (Å²) in [5.41, 5.74) is 8.86. The lowest BCUT2D eigenvalue weighted by atomic mass is 9.94. The van der Waals surface area contributed by atoms with Crippen LogP contribution in [0.25, 0.3) is 0 Å². The molecule has 2 rings (SSSR count). The molecule has 0 fully saturated rings. The number of nitrogens with two attached hydrogens (primary N) is 1. The molecule has 0 bridgehead atoms. The van der Waals surface area contributed by atoms with Gasteiger partial charge >= 0.3 is 0 Å². The molecule has 0 amide bonds. The predicted octanol–water partition coefficient (Wildman–Crippen LogP) is 3.45. The molecule has 0 saturated heterocycles. The van der Waals surface area contributed by atoms with Crippen LogP contribution in [-0.2, 0) is 6.42 Å². The van der Waals surface area contributed by atoms with Crippen LogP contribution in [0.4, 0.5) is 5.69 Å². The standard InChI is InChI=1S/C17H28N2/c1-13(2)10-15(12-18)8-9-19-14(3)11-16-6-4-5-7-17(16)19/h4-7,13-15H,8-12,18H2,1-3H3. The van der Waals surface area contributed by atoms with Gasteiger partial charge in [-0.2, -0.15) is 0 Å². The Morgan fingerprint density at radius 1 is 1.32 bits per heavy atom. The van der Waals surface area contributed by atoms with E-state index in [2.05, 4.69) is 49.9 Å². The first-order valence-corrected chi connectivity index (χ1v) is 7.66. The molecule has 1 aromatic carbocycles. The minimum atomic E-state index is 0.634. The van der Waals surface area contributed by atoms with E-state index in [0.29, 0.717) is 12.0 Å². The molecule has 19 heavy (non-hydrogen) atoms. The van der Waals surface area contributed by atoms with Crippen LogP contribution < -0.4 is 10.6 Å². The maximum absolute atomic E-state index is 5.92. The van der Waals surface area contributed by atoms with Crippen LogP contribution in [-0.4, -0.2) is 19.1 Å². The summed E-state index contributed by atoms with van der Waals surface area (Å²) in [7, 11) is 0. The maximum Gasteiger partial charge on any atom is 0.0402 e. The second-order valence-corrected chi connectivity index (χ2v) is 6.40. The zero-order valence-electron chi connectivity index (χ0n) is 12.6. The summed E-state index contributed by atoms with van der Waals surface area (Å²) in [6.45, 7) is 8.88. The zero-order chi connectivity index (χ0) is 13.8. The molecule has 0 saturated carbocycles. The summed E-state index contributed by atoms with van der Waals surface area (Å²) >= 11 is 0. The molecule has 1 aliphatic rings. The largest absolute Gasteiger partial charge is 0.368 e. The monoisotopic (exact) mass is 260 g/mol. The first-order chi connectivity index (χ1) is 9.11. The normalized spacial score (nSPS) is 19.8. The van der Waals surface area contributed by atoms with Gasteiger partial charge in [0.2, 0.25) is 0 Å². The fourth-order valence-corrected chi connectivity index (χ4v) is 3.29. The molecule has 106 valence electrons. The summed E-state index contributed by atoms with van der Waals surface area (Å²) < 4.78 is 0. The van der Waals surface area contributed by atoms with Crippen molar-refractivity contribution in [2.75, 3.05) is 18.0 Å². The molecule has 0 aromatic heterocycles. The second kappa shape index (κ2) is 6.42. The summed E-state index contributed by atoms with van der Waals surface area (Å²) in [4.78, 5) is 2.57. The van der Waals surface area contributed by atoms with Crippen molar-refractivity contribution < 1.29 is 0 Å². The summed E-state index contributed by atoms with van der Waals surface area (Å²) in [5, 5.41) is 0. The van der Waals surface area contributed by atoms with Crippen LogP contribution >= 0.6 is 0 Å². The van der Waals surface area contributed by atoms with Gasteiger partial charge < -0.3 is 10.6 Å². The number of rotatable bonds is 6. The van der Waals surface area contributed by atoms with E-state index in [9.17, 15) is 0 Å². The van der Waals surface area contributed by atoms with Gasteiger partial charge in [0.1, 0.15) is 0 Å². The highest BCUT2D eigenvalue weighted by molar-refractivity contribution is 5.59. The Morgan fingerprint density at radius 2 is 2.05 bits per heavy atom. The first kappa shape index (κ1) is 14.4. The highest BCUT2D eigenvalue weighted by Gasteiger charge is 2.25. The van der Waals surface area contributed by atoms with Crippen molar-refractivity contribution in [3.8, 4) is 0 Å². The molecule has 2 unspecified atom stereocenters. The fourth-order valence-electron chi connectivity index (χ4n) is 3.29. The van der Waals surface area contributed by atoms with Crippen molar-refractivity contribution >= 4 is 5.69 Å². The number of fused-ring (bicyclic) bond motifs is 1. The Bertz CT molecular complexity index is 400. The highest BCUT2D eigenvalue weighted by atomic mass is 15.2. The van der Waals surface area contributed by atoms with Crippen LogP contribution in [0.1, 0.15) is 39.2 Å². The Balaban J connectivity index is 1.96. The van der Waals surface area contributed by atoms with Gasteiger partial charge in [0, 0.05) is 18.3 Å². The summed E-state index contributed by atoms with van der Waals surface area (Å²) in [6, 6.07) is 9.46. The highest BCUT2D eigenvalue weighted by Crippen LogP contribution is 2.32. The van der Waals surface area contributed by atoms with Crippen LogP contribution in [0.5, 0.6) is 0 Å². The zero-order valence-corrected chi connectivity index (χ0v) is 12.6. The van der Waals surface area contributed by atoms with E-state index in [1.54, 1.807) is 0 Å². The third-order valence-electron chi connectivity index (χ3n) is 4.26. The Labute approximate surface area is 118 Å².